The van der Waals surface area contributed by atoms with Crippen LogP contribution in [0, 0.1) is 6.92 Å². The number of hydrogen-bond acceptors (Lipinski definition) is 3. The average molecular weight is 530 g/mol. The van der Waals surface area contributed by atoms with Gasteiger partial charge in [-0.25, -0.2) is 4.98 Å². The highest BCUT2D eigenvalue weighted by molar-refractivity contribution is 9.10. The first-order valence-corrected chi connectivity index (χ1v) is 11.8. The summed E-state index contributed by atoms with van der Waals surface area (Å²) in [5, 5.41) is 1.99. The predicted octanol–water partition coefficient (Wildman–Crippen LogP) is 7.36. The molecule has 2 aromatic heterocycles. The third-order valence-corrected chi connectivity index (χ3v) is 6.45. The standard InChI is InChI=1S/C28H18BrClN2O2/c1-16-7-8-18-14-19(27(30)31-23(18)13-16)9-12-24(33)26-25(17-5-3-2-4-6-17)21-15-20(29)10-11-22(21)32-28(26)34/h2-15H,1H3,(H,32,34)/b12-9+. The van der Waals surface area contributed by atoms with Gasteiger partial charge in [0.15, 0.2) is 5.78 Å². The van der Waals surface area contributed by atoms with Crippen molar-refractivity contribution in [1.82, 2.24) is 9.97 Å². The SMILES string of the molecule is Cc1ccc2cc(/C=C/C(=O)c3c(-c4ccccc4)c4cc(Br)ccc4[nH]c3=O)c(Cl)nc2c1. The van der Waals surface area contributed by atoms with E-state index >= 15 is 0 Å². The molecule has 0 bridgehead atoms. The van der Waals surface area contributed by atoms with Crippen LogP contribution in [0.1, 0.15) is 21.5 Å². The molecular formula is C28H18BrClN2O2. The lowest BCUT2D eigenvalue weighted by Crippen LogP contribution is -2.18. The van der Waals surface area contributed by atoms with Gasteiger partial charge in [0.25, 0.3) is 5.56 Å². The number of ketones is 1. The Labute approximate surface area is 209 Å². The molecule has 34 heavy (non-hydrogen) atoms. The van der Waals surface area contributed by atoms with Gasteiger partial charge < -0.3 is 4.98 Å². The Morgan fingerprint density at radius 3 is 2.62 bits per heavy atom. The van der Waals surface area contributed by atoms with Crippen molar-refractivity contribution in [3.63, 3.8) is 0 Å². The van der Waals surface area contributed by atoms with E-state index < -0.39 is 11.3 Å². The van der Waals surface area contributed by atoms with Crippen LogP contribution < -0.4 is 5.56 Å². The number of aromatic nitrogens is 2. The summed E-state index contributed by atoms with van der Waals surface area (Å²) in [6.07, 6.45) is 2.99. The quantitative estimate of drug-likeness (QED) is 0.150. The zero-order valence-electron chi connectivity index (χ0n) is 18.1. The van der Waals surface area contributed by atoms with Gasteiger partial charge in [-0.05, 0) is 60.5 Å². The smallest absolute Gasteiger partial charge is 0.260 e. The van der Waals surface area contributed by atoms with E-state index in [2.05, 4.69) is 25.9 Å². The number of nitrogens with one attached hydrogen (secondary N) is 1. The van der Waals surface area contributed by atoms with Crippen LogP contribution in [0.15, 0.2) is 88.1 Å². The summed E-state index contributed by atoms with van der Waals surface area (Å²) in [6, 6.07) is 22.8. The molecule has 0 saturated heterocycles. The molecule has 0 aliphatic carbocycles. The zero-order valence-corrected chi connectivity index (χ0v) is 20.4. The van der Waals surface area contributed by atoms with Crippen LogP contribution in [0.5, 0.6) is 0 Å². The first-order chi connectivity index (χ1) is 16.4. The van der Waals surface area contributed by atoms with Crippen LogP contribution in [-0.4, -0.2) is 15.8 Å². The van der Waals surface area contributed by atoms with Gasteiger partial charge in [0, 0.05) is 31.9 Å². The summed E-state index contributed by atoms with van der Waals surface area (Å²) in [5.74, 6) is -0.415. The van der Waals surface area contributed by atoms with Gasteiger partial charge in [-0.15, -0.1) is 0 Å². The molecule has 5 rings (SSSR count). The molecule has 0 aliphatic rings. The largest absolute Gasteiger partial charge is 0.321 e. The number of H-pyrrole nitrogens is 1. The predicted molar refractivity (Wildman–Crippen MR) is 143 cm³/mol. The van der Waals surface area contributed by atoms with Crippen LogP contribution in [0.4, 0.5) is 0 Å². The van der Waals surface area contributed by atoms with Gasteiger partial charge in [0.05, 0.1) is 11.1 Å². The number of carbonyl (C=O) groups is 1. The first-order valence-electron chi connectivity index (χ1n) is 10.6. The molecule has 6 heteroatoms. The third-order valence-electron chi connectivity index (χ3n) is 5.65. The van der Waals surface area contributed by atoms with Crippen LogP contribution in [0.2, 0.25) is 5.15 Å². The molecule has 0 aliphatic heterocycles. The Morgan fingerprint density at radius 2 is 1.82 bits per heavy atom. The molecular weight excluding hydrogens is 512 g/mol. The molecule has 1 N–H and O–H groups in total. The number of carbonyl (C=O) groups excluding carboxylic acids is 1. The molecule has 0 atom stereocenters. The molecule has 5 aromatic rings. The van der Waals surface area contributed by atoms with E-state index in [1.165, 1.54) is 6.08 Å². The lowest BCUT2D eigenvalue weighted by atomic mass is 9.94. The van der Waals surface area contributed by atoms with Crippen molar-refractivity contribution in [3.8, 4) is 11.1 Å². The number of aryl methyl sites for hydroxylation is 1. The number of halogens is 2. The first kappa shape index (κ1) is 22.3. The summed E-state index contributed by atoms with van der Waals surface area (Å²) < 4.78 is 0.849. The van der Waals surface area contributed by atoms with Crippen LogP contribution in [0.25, 0.3) is 39.0 Å². The van der Waals surface area contributed by atoms with E-state index in [4.69, 9.17) is 11.6 Å². The summed E-state index contributed by atoms with van der Waals surface area (Å²) >= 11 is 9.89. The molecule has 0 fully saturated rings. The molecule has 2 heterocycles. The minimum Gasteiger partial charge on any atom is -0.321 e. The van der Waals surface area contributed by atoms with Crippen LogP contribution in [0.3, 0.4) is 0 Å². The highest BCUT2D eigenvalue weighted by Crippen LogP contribution is 2.32. The minimum absolute atomic E-state index is 0.0774. The number of nitrogens with zero attached hydrogens (tertiary/aromatic N) is 1. The monoisotopic (exact) mass is 528 g/mol. The van der Waals surface area contributed by atoms with Crippen molar-refractivity contribution in [2.24, 2.45) is 0 Å². The topological polar surface area (TPSA) is 62.8 Å². The van der Waals surface area contributed by atoms with Crippen LogP contribution >= 0.6 is 27.5 Å². The minimum atomic E-state index is -0.443. The summed E-state index contributed by atoms with van der Waals surface area (Å²) in [5.41, 5.74) is 4.15. The second-order valence-corrected chi connectivity index (χ2v) is 9.30. The normalized spacial score (nSPS) is 11.5. The van der Waals surface area contributed by atoms with Crippen molar-refractivity contribution in [2.45, 2.75) is 6.92 Å². The van der Waals surface area contributed by atoms with E-state index in [1.54, 1.807) is 6.08 Å². The molecule has 4 nitrogen and oxygen atoms in total. The molecule has 0 saturated carbocycles. The van der Waals surface area contributed by atoms with E-state index in [1.807, 2.05) is 79.7 Å². The van der Waals surface area contributed by atoms with Crippen molar-refractivity contribution >= 4 is 61.2 Å². The zero-order chi connectivity index (χ0) is 23.8. The van der Waals surface area contributed by atoms with Crippen molar-refractivity contribution in [2.75, 3.05) is 0 Å². The summed E-state index contributed by atoms with van der Waals surface area (Å²) in [6.45, 7) is 1.99. The van der Waals surface area contributed by atoms with Gasteiger partial charge in [0.1, 0.15) is 5.15 Å². The number of aromatic amines is 1. The fraction of sp³-hybridized carbons (Fsp3) is 0.0357. The van der Waals surface area contributed by atoms with Crippen molar-refractivity contribution < 1.29 is 4.79 Å². The molecule has 3 aromatic carbocycles. The summed E-state index contributed by atoms with van der Waals surface area (Å²) in [7, 11) is 0. The molecule has 0 spiro atoms. The van der Waals surface area contributed by atoms with Gasteiger partial charge in [-0.1, -0.05) is 70.0 Å². The number of hydrogen-bond donors (Lipinski definition) is 1. The highest BCUT2D eigenvalue weighted by Gasteiger charge is 2.19. The Morgan fingerprint density at radius 1 is 1.03 bits per heavy atom. The average Bonchev–Trinajstić information content (AvgIpc) is 2.82. The van der Waals surface area contributed by atoms with Crippen LogP contribution in [-0.2, 0) is 0 Å². The van der Waals surface area contributed by atoms with E-state index in [0.29, 0.717) is 21.8 Å². The molecule has 0 amide bonds. The van der Waals surface area contributed by atoms with Gasteiger partial charge >= 0.3 is 0 Å². The Balaban J connectivity index is 1.65. The number of benzene rings is 3. The number of fused-ring (bicyclic) bond motifs is 2. The summed E-state index contributed by atoms with van der Waals surface area (Å²) in [4.78, 5) is 33.8. The number of rotatable bonds is 4. The maximum absolute atomic E-state index is 13.4. The highest BCUT2D eigenvalue weighted by atomic mass is 79.9. The fourth-order valence-electron chi connectivity index (χ4n) is 4.04. The Hall–Kier alpha value is -3.54. The van der Waals surface area contributed by atoms with Gasteiger partial charge in [-0.3, -0.25) is 9.59 Å². The van der Waals surface area contributed by atoms with Crippen molar-refractivity contribution in [3.05, 3.63) is 116 Å². The lowest BCUT2D eigenvalue weighted by molar-refractivity contribution is 0.104. The number of pyridine rings is 2. The van der Waals surface area contributed by atoms with Gasteiger partial charge in [0.2, 0.25) is 0 Å². The fourth-order valence-corrected chi connectivity index (χ4v) is 4.61. The molecule has 166 valence electrons. The molecule has 0 unspecified atom stereocenters. The molecule has 0 radical (unpaired) electrons. The van der Waals surface area contributed by atoms with E-state index in [9.17, 15) is 9.59 Å². The maximum Gasteiger partial charge on any atom is 0.260 e. The second-order valence-electron chi connectivity index (χ2n) is 8.02. The maximum atomic E-state index is 13.4. The number of allylic oxidation sites excluding steroid dienone is 1. The Bertz CT molecular complexity index is 1670. The van der Waals surface area contributed by atoms with E-state index in [0.717, 1.165) is 31.9 Å². The lowest BCUT2D eigenvalue weighted by Gasteiger charge is -2.12. The van der Waals surface area contributed by atoms with Crippen molar-refractivity contribution in [1.29, 1.82) is 0 Å². The van der Waals surface area contributed by atoms with Gasteiger partial charge in [-0.2, -0.15) is 0 Å². The Kier molecular flexibility index (Phi) is 5.90. The van der Waals surface area contributed by atoms with E-state index in [-0.39, 0.29) is 5.56 Å². The third kappa shape index (κ3) is 4.20. The second kappa shape index (κ2) is 9.01.